The van der Waals surface area contributed by atoms with E-state index in [4.69, 9.17) is 9.72 Å². The van der Waals surface area contributed by atoms with Crippen LogP contribution in [0.5, 0.6) is 0 Å². The van der Waals surface area contributed by atoms with Crippen molar-refractivity contribution >= 4 is 17.6 Å². The first kappa shape index (κ1) is 17.4. The van der Waals surface area contributed by atoms with E-state index in [1.54, 1.807) is 23.9 Å². The number of piperidine rings is 1. The molecule has 0 spiro atoms. The number of hydrogen-bond donors (Lipinski definition) is 0. The van der Waals surface area contributed by atoms with Crippen molar-refractivity contribution in [1.29, 1.82) is 0 Å². The molecule has 0 saturated carbocycles. The van der Waals surface area contributed by atoms with Crippen LogP contribution in [0.2, 0.25) is 0 Å². The van der Waals surface area contributed by atoms with Crippen molar-refractivity contribution in [3.8, 4) is 11.3 Å². The number of ether oxygens (including phenoxy) is 1. The third kappa shape index (κ3) is 3.61. The third-order valence-electron chi connectivity index (χ3n) is 4.95. The molecule has 3 heterocycles. The first-order valence-corrected chi connectivity index (χ1v) is 9.15. The van der Waals surface area contributed by atoms with E-state index in [9.17, 15) is 4.79 Å². The van der Waals surface area contributed by atoms with Crippen LogP contribution in [0.4, 0.5) is 0 Å². The number of benzene rings is 1. The number of rotatable bonds is 4. The summed E-state index contributed by atoms with van der Waals surface area (Å²) in [5, 5.41) is 4.40. The second-order valence-corrected chi connectivity index (χ2v) is 6.60. The Labute approximate surface area is 158 Å². The number of likely N-dealkylation sites (tertiary alicyclic amines) is 1. The van der Waals surface area contributed by atoms with Crippen molar-refractivity contribution in [3.63, 3.8) is 0 Å². The molecule has 1 amide bonds. The van der Waals surface area contributed by atoms with Gasteiger partial charge in [-0.15, -0.1) is 0 Å². The normalized spacial score (nSPS) is 15.7. The zero-order chi connectivity index (χ0) is 18.6. The molecule has 1 fully saturated rings. The van der Waals surface area contributed by atoms with Crippen LogP contribution in [-0.2, 0) is 9.53 Å². The number of hydrogen-bond acceptors (Lipinski definition) is 4. The summed E-state index contributed by atoms with van der Waals surface area (Å²) in [6.07, 6.45) is 7.17. The summed E-state index contributed by atoms with van der Waals surface area (Å²) in [6.45, 7) is 1.44. The summed E-state index contributed by atoms with van der Waals surface area (Å²) in [6, 6.07) is 13.7. The first-order chi connectivity index (χ1) is 13.3. The Morgan fingerprint density at radius 1 is 1.15 bits per heavy atom. The van der Waals surface area contributed by atoms with Gasteiger partial charge in [-0.3, -0.25) is 4.79 Å². The number of nitrogens with zero attached hydrogens (tertiary/aromatic N) is 4. The lowest BCUT2D eigenvalue weighted by Gasteiger charge is -2.30. The highest BCUT2D eigenvalue weighted by Gasteiger charge is 2.21. The quantitative estimate of drug-likeness (QED) is 0.670. The fourth-order valence-electron chi connectivity index (χ4n) is 3.43. The Hall–Kier alpha value is -2.99. The smallest absolute Gasteiger partial charge is 0.246 e. The number of methoxy groups -OCH3 is 1. The Morgan fingerprint density at radius 3 is 2.67 bits per heavy atom. The molecule has 0 radical (unpaired) electrons. The molecule has 2 aromatic heterocycles. The van der Waals surface area contributed by atoms with E-state index < -0.39 is 0 Å². The molecule has 1 aliphatic rings. The van der Waals surface area contributed by atoms with Crippen LogP contribution in [0.15, 0.2) is 54.7 Å². The summed E-state index contributed by atoms with van der Waals surface area (Å²) < 4.78 is 7.14. The van der Waals surface area contributed by atoms with Crippen LogP contribution in [0.1, 0.15) is 18.5 Å². The fraction of sp³-hybridized carbons (Fsp3) is 0.286. The largest absolute Gasteiger partial charge is 0.381 e. The van der Waals surface area contributed by atoms with E-state index in [0.717, 1.165) is 48.5 Å². The lowest BCUT2D eigenvalue weighted by Crippen LogP contribution is -2.39. The number of aromatic nitrogens is 3. The first-order valence-electron chi connectivity index (χ1n) is 9.15. The molecule has 138 valence electrons. The second-order valence-electron chi connectivity index (χ2n) is 6.60. The Balaban J connectivity index is 1.63. The molecular weight excluding hydrogens is 340 g/mol. The molecule has 27 heavy (non-hydrogen) atoms. The van der Waals surface area contributed by atoms with Gasteiger partial charge >= 0.3 is 0 Å². The summed E-state index contributed by atoms with van der Waals surface area (Å²) in [4.78, 5) is 19.2. The number of carbonyl (C=O) groups excluding carboxylic acids is 1. The van der Waals surface area contributed by atoms with Crippen molar-refractivity contribution in [2.24, 2.45) is 0 Å². The molecule has 0 bridgehead atoms. The van der Waals surface area contributed by atoms with Crippen LogP contribution in [-0.4, -0.2) is 51.7 Å². The SMILES string of the molecule is COC1CCN(C(=O)/C=C/c2c(-c3ccccc3)nc3cccnn23)CC1. The minimum atomic E-state index is 0.00875. The van der Waals surface area contributed by atoms with Gasteiger partial charge in [0.15, 0.2) is 5.65 Å². The predicted octanol–water partition coefficient (Wildman–Crippen LogP) is 3.05. The zero-order valence-electron chi connectivity index (χ0n) is 15.3. The van der Waals surface area contributed by atoms with Gasteiger partial charge in [0, 0.05) is 38.0 Å². The van der Waals surface area contributed by atoms with E-state index in [2.05, 4.69) is 5.10 Å². The standard InChI is InChI=1S/C21H22N4O2/c1-27-17-11-14-24(15-12-17)20(26)10-9-18-21(16-6-3-2-4-7-16)23-19-8-5-13-22-25(18)19/h2-10,13,17H,11-12,14-15H2,1H3/b10-9+. The van der Waals surface area contributed by atoms with Crippen molar-refractivity contribution in [1.82, 2.24) is 19.5 Å². The molecule has 4 rings (SSSR count). The highest BCUT2D eigenvalue weighted by Crippen LogP contribution is 2.25. The van der Waals surface area contributed by atoms with Crippen LogP contribution in [0, 0.1) is 0 Å². The van der Waals surface area contributed by atoms with Crippen molar-refractivity contribution in [2.75, 3.05) is 20.2 Å². The average molecular weight is 362 g/mol. The van der Waals surface area contributed by atoms with E-state index in [0.29, 0.717) is 0 Å². The van der Waals surface area contributed by atoms with Gasteiger partial charge in [-0.2, -0.15) is 5.10 Å². The van der Waals surface area contributed by atoms with Crippen molar-refractivity contribution in [2.45, 2.75) is 18.9 Å². The fourth-order valence-corrected chi connectivity index (χ4v) is 3.43. The van der Waals surface area contributed by atoms with E-state index >= 15 is 0 Å². The number of amides is 1. The predicted molar refractivity (Wildman–Crippen MR) is 104 cm³/mol. The van der Waals surface area contributed by atoms with Gasteiger partial charge in [0.05, 0.1) is 17.5 Å². The highest BCUT2D eigenvalue weighted by atomic mass is 16.5. The summed E-state index contributed by atoms with van der Waals surface area (Å²) >= 11 is 0. The summed E-state index contributed by atoms with van der Waals surface area (Å²) in [5.41, 5.74) is 3.37. The highest BCUT2D eigenvalue weighted by molar-refractivity contribution is 5.93. The number of carbonyl (C=O) groups is 1. The molecule has 0 N–H and O–H groups in total. The lowest BCUT2D eigenvalue weighted by atomic mass is 10.1. The van der Waals surface area contributed by atoms with Crippen molar-refractivity contribution < 1.29 is 9.53 Å². The molecule has 0 aliphatic carbocycles. The van der Waals surface area contributed by atoms with Crippen LogP contribution >= 0.6 is 0 Å². The minimum Gasteiger partial charge on any atom is -0.381 e. The van der Waals surface area contributed by atoms with Gasteiger partial charge < -0.3 is 9.64 Å². The number of fused-ring (bicyclic) bond motifs is 1. The summed E-state index contributed by atoms with van der Waals surface area (Å²) in [5.74, 6) is 0.00875. The molecule has 6 heteroatoms. The van der Waals surface area contributed by atoms with Crippen LogP contribution in [0.25, 0.3) is 23.0 Å². The second kappa shape index (κ2) is 7.72. The van der Waals surface area contributed by atoms with Gasteiger partial charge in [-0.05, 0) is 31.1 Å². The molecule has 1 saturated heterocycles. The van der Waals surface area contributed by atoms with Gasteiger partial charge in [0.25, 0.3) is 0 Å². The third-order valence-corrected chi connectivity index (χ3v) is 4.95. The molecule has 0 unspecified atom stereocenters. The molecule has 1 aromatic carbocycles. The van der Waals surface area contributed by atoms with Gasteiger partial charge in [0.2, 0.25) is 5.91 Å². The van der Waals surface area contributed by atoms with Gasteiger partial charge in [-0.1, -0.05) is 30.3 Å². The Kier molecular flexibility index (Phi) is 4.98. The molecule has 0 atom stereocenters. The van der Waals surface area contributed by atoms with E-state index in [1.807, 2.05) is 53.4 Å². The molecule has 3 aromatic rings. The Bertz CT molecular complexity index is 957. The molecule has 6 nitrogen and oxygen atoms in total. The Morgan fingerprint density at radius 2 is 1.93 bits per heavy atom. The number of imidazole rings is 1. The molecule has 1 aliphatic heterocycles. The lowest BCUT2D eigenvalue weighted by molar-refractivity contribution is -0.128. The van der Waals surface area contributed by atoms with Crippen LogP contribution in [0.3, 0.4) is 0 Å². The van der Waals surface area contributed by atoms with E-state index in [-0.39, 0.29) is 12.0 Å². The van der Waals surface area contributed by atoms with Crippen molar-refractivity contribution in [3.05, 3.63) is 60.4 Å². The topological polar surface area (TPSA) is 59.7 Å². The maximum atomic E-state index is 12.6. The van der Waals surface area contributed by atoms with E-state index in [1.165, 1.54) is 0 Å². The minimum absolute atomic E-state index is 0.00875. The van der Waals surface area contributed by atoms with Gasteiger partial charge in [0.1, 0.15) is 0 Å². The van der Waals surface area contributed by atoms with Gasteiger partial charge in [-0.25, -0.2) is 9.50 Å². The molecular formula is C21H22N4O2. The average Bonchev–Trinajstić information content (AvgIpc) is 3.11. The zero-order valence-corrected chi connectivity index (χ0v) is 15.3. The maximum Gasteiger partial charge on any atom is 0.246 e. The van der Waals surface area contributed by atoms with Crippen LogP contribution < -0.4 is 0 Å². The maximum absolute atomic E-state index is 12.6. The summed E-state index contributed by atoms with van der Waals surface area (Å²) in [7, 11) is 1.73. The monoisotopic (exact) mass is 362 g/mol.